The average molecular weight is 255 g/mol. The Bertz CT molecular complexity index is 447. The second-order valence-electron chi connectivity index (χ2n) is 4.45. The summed E-state index contributed by atoms with van der Waals surface area (Å²) in [7, 11) is 1.23. The molecule has 2 rings (SSSR count). The summed E-state index contributed by atoms with van der Waals surface area (Å²) in [5, 5.41) is 2.94. The van der Waals surface area contributed by atoms with Crippen molar-refractivity contribution in [1.29, 1.82) is 0 Å². The third kappa shape index (κ3) is 2.85. The molecule has 5 heteroatoms. The fourth-order valence-electron chi connectivity index (χ4n) is 1.79. The zero-order chi connectivity index (χ0) is 13.1. The first-order valence-electron chi connectivity index (χ1n) is 5.88. The molecule has 1 aliphatic rings. The number of hydrogen-bond donors (Lipinski definition) is 1. The van der Waals surface area contributed by atoms with Crippen LogP contribution in [0.15, 0.2) is 18.2 Å². The first kappa shape index (κ1) is 13.0. The molecule has 0 spiro atoms. The van der Waals surface area contributed by atoms with Gasteiger partial charge in [-0.3, -0.25) is 0 Å². The van der Waals surface area contributed by atoms with E-state index in [4.69, 9.17) is 0 Å². The Kier molecular flexibility index (Phi) is 3.91. The van der Waals surface area contributed by atoms with Crippen LogP contribution < -0.4 is 5.32 Å². The highest BCUT2D eigenvalue weighted by Gasteiger charge is 2.28. The van der Waals surface area contributed by atoms with Gasteiger partial charge in [0.15, 0.2) is 11.6 Å². The molecule has 18 heavy (non-hydrogen) atoms. The van der Waals surface area contributed by atoms with E-state index in [0.29, 0.717) is 12.5 Å². The summed E-state index contributed by atoms with van der Waals surface area (Å²) in [5.41, 5.74) is -0.0116. The molecular weight excluding hydrogens is 240 g/mol. The van der Waals surface area contributed by atoms with Crippen LogP contribution in [0.1, 0.15) is 24.4 Å². The van der Waals surface area contributed by atoms with Crippen molar-refractivity contribution in [3.8, 4) is 0 Å². The second kappa shape index (κ2) is 5.44. The predicted octanol–water partition coefficient (Wildman–Crippen LogP) is 2.18. The number of rotatable bonds is 5. The normalized spacial score (nSPS) is 16.4. The Morgan fingerprint density at radius 2 is 2.22 bits per heavy atom. The maximum atomic E-state index is 13.7. The fraction of sp³-hybridized carbons (Fsp3) is 0.462. The van der Waals surface area contributed by atoms with Crippen molar-refractivity contribution in [3.63, 3.8) is 0 Å². The van der Waals surface area contributed by atoms with E-state index in [2.05, 4.69) is 10.1 Å². The molecule has 0 bridgehead atoms. The topological polar surface area (TPSA) is 38.3 Å². The molecular formula is C13H15F2NO2. The third-order valence-electron chi connectivity index (χ3n) is 3.04. The highest BCUT2D eigenvalue weighted by Crippen LogP contribution is 2.29. The number of benzene rings is 1. The minimum Gasteiger partial charge on any atom is -0.468 e. The molecule has 0 aromatic heterocycles. The lowest BCUT2D eigenvalue weighted by molar-refractivity contribution is -0.143. The van der Waals surface area contributed by atoms with Gasteiger partial charge < -0.3 is 10.1 Å². The number of nitrogens with one attached hydrogen (secondary N) is 1. The van der Waals surface area contributed by atoms with Gasteiger partial charge in [-0.1, -0.05) is 12.1 Å². The Balaban J connectivity index is 2.20. The number of hydrogen-bond acceptors (Lipinski definition) is 3. The molecule has 0 aliphatic heterocycles. The number of carbonyl (C=O) groups is 1. The molecule has 1 N–H and O–H groups in total. The van der Waals surface area contributed by atoms with Crippen LogP contribution in [-0.2, 0) is 9.53 Å². The van der Waals surface area contributed by atoms with Crippen molar-refractivity contribution in [2.45, 2.75) is 18.9 Å². The maximum absolute atomic E-state index is 13.7. The van der Waals surface area contributed by atoms with Crippen molar-refractivity contribution < 1.29 is 18.3 Å². The highest BCUT2D eigenvalue weighted by molar-refractivity contribution is 5.77. The van der Waals surface area contributed by atoms with Gasteiger partial charge in [-0.15, -0.1) is 0 Å². The lowest BCUT2D eigenvalue weighted by atomic mass is 10.1. The van der Waals surface area contributed by atoms with Crippen molar-refractivity contribution in [3.05, 3.63) is 35.4 Å². The van der Waals surface area contributed by atoms with Gasteiger partial charge in [0.25, 0.3) is 0 Å². The van der Waals surface area contributed by atoms with E-state index in [1.54, 1.807) is 0 Å². The summed E-state index contributed by atoms with van der Waals surface area (Å²) < 4.78 is 31.5. The first-order valence-corrected chi connectivity index (χ1v) is 5.88. The SMILES string of the molecule is COC(=O)C(NCC1CC1)c1cccc(F)c1F. The zero-order valence-electron chi connectivity index (χ0n) is 10.1. The van der Waals surface area contributed by atoms with Crippen molar-refractivity contribution >= 4 is 5.97 Å². The lowest BCUT2D eigenvalue weighted by Crippen LogP contribution is -2.32. The van der Waals surface area contributed by atoms with E-state index < -0.39 is 23.6 Å². The van der Waals surface area contributed by atoms with Crippen LogP contribution in [0.2, 0.25) is 0 Å². The Morgan fingerprint density at radius 3 is 2.83 bits per heavy atom. The lowest BCUT2D eigenvalue weighted by Gasteiger charge is -2.17. The molecule has 98 valence electrons. The Morgan fingerprint density at radius 1 is 1.50 bits per heavy atom. The van der Waals surface area contributed by atoms with Gasteiger partial charge in [-0.2, -0.15) is 0 Å². The molecule has 0 heterocycles. The maximum Gasteiger partial charge on any atom is 0.327 e. The van der Waals surface area contributed by atoms with Crippen molar-refractivity contribution in [1.82, 2.24) is 5.32 Å². The molecule has 1 aliphatic carbocycles. The van der Waals surface area contributed by atoms with Crippen molar-refractivity contribution in [2.24, 2.45) is 5.92 Å². The molecule has 1 saturated carbocycles. The van der Waals surface area contributed by atoms with Crippen LogP contribution in [0, 0.1) is 17.6 Å². The predicted molar refractivity (Wildman–Crippen MR) is 61.8 cm³/mol. The second-order valence-corrected chi connectivity index (χ2v) is 4.45. The molecule has 1 aromatic carbocycles. The number of ether oxygens (including phenoxy) is 1. The molecule has 0 saturated heterocycles. The molecule has 1 unspecified atom stereocenters. The van der Waals surface area contributed by atoms with E-state index in [1.807, 2.05) is 0 Å². The molecule has 0 radical (unpaired) electrons. The van der Waals surface area contributed by atoms with Gasteiger partial charge in [0.2, 0.25) is 0 Å². The van der Waals surface area contributed by atoms with E-state index in [9.17, 15) is 13.6 Å². The van der Waals surface area contributed by atoms with Gasteiger partial charge in [-0.25, -0.2) is 13.6 Å². The molecule has 3 nitrogen and oxygen atoms in total. The minimum atomic E-state index is -1.00. The highest BCUT2D eigenvalue weighted by atomic mass is 19.2. The van der Waals surface area contributed by atoms with Crippen LogP contribution in [0.25, 0.3) is 0 Å². The molecule has 1 aromatic rings. The summed E-state index contributed by atoms with van der Waals surface area (Å²) in [6, 6.07) is 2.84. The smallest absolute Gasteiger partial charge is 0.327 e. The Labute approximate surface area is 104 Å². The third-order valence-corrected chi connectivity index (χ3v) is 3.04. The van der Waals surface area contributed by atoms with Gasteiger partial charge in [0, 0.05) is 5.56 Å². The van der Waals surface area contributed by atoms with Crippen LogP contribution in [0.5, 0.6) is 0 Å². The average Bonchev–Trinajstić information content (AvgIpc) is 3.18. The van der Waals surface area contributed by atoms with E-state index in [-0.39, 0.29) is 5.56 Å². The monoisotopic (exact) mass is 255 g/mol. The number of halogens is 2. The summed E-state index contributed by atoms with van der Waals surface area (Å²) in [4.78, 5) is 11.6. The van der Waals surface area contributed by atoms with Crippen LogP contribution in [0.3, 0.4) is 0 Å². The van der Waals surface area contributed by atoms with Gasteiger partial charge in [-0.05, 0) is 31.4 Å². The van der Waals surface area contributed by atoms with E-state index in [0.717, 1.165) is 18.9 Å². The molecule has 1 fully saturated rings. The Hall–Kier alpha value is -1.49. The number of carbonyl (C=O) groups excluding carboxylic acids is 1. The van der Waals surface area contributed by atoms with Gasteiger partial charge in [0.05, 0.1) is 7.11 Å². The molecule has 1 atom stereocenters. The fourth-order valence-corrected chi connectivity index (χ4v) is 1.79. The first-order chi connectivity index (χ1) is 8.63. The van der Waals surface area contributed by atoms with Gasteiger partial charge >= 0.3 is 5.97 Å². The van der Waals surface area contributed by atoms with Crippen LogP contribution >= 0.6 is 0 Å². The van der Waals surface area contributed by atoms with Crippen LogP contribution in [-0.4, -0.2) is 19.6 Å². The quantitative estimate of drug-likeness (QED) is 0.819. The molecule has 0 amide bonds. The van der Waals surface area contributed by atoms with Crippen LogP contribution in [0.4, 0.5) is 8.78 Å². The van der Waals surface area contributed by atoms with Gasteiger partial charge in [0.1, 0.15) is 6.04 Å². The summed E-state index contributed by atoms with van der Waals surface area (Å²) in [6.07, 6.45) is 2.21. The van der Waals surface area contributed by atoms with E-state index in [1.165, 1.54) is 19.2 Å². The zero-order valence-corrected chi connectivity index (χ0v) is 10.1. The number of methoxy groups -OCH3 is 1. The summed E-state index contributed by atoms with van der Waals surface area (Å²) >= 11 is 0. The minimum absolute atomic E-state index is 0.0116. The standard InChI is InChI=1S/C13H15F2NO2/c1-18-13(17)12(16-7-8-5-6-8)9-3-2-4-10(14)11(9)15/h2-4,8,12,16H,5-7H2,1H3. The van der Waals surface area contributed by atoms with Crippen molar-refractivity contribution in [2.75, 3.05) is 13.7 Å². The largest absolute Gasteiger partial charge is 0.468 e. The summed E-state index contributed by atoms with van der Waals surface area (Å²) in [6.45, 7) is 0.607. The number of esters is 1. The van der Waals surface area contributed by atoms with E-state index >= 15 is 0 Å². The summed E-state index contributed by atoms with van der Waals surface area (Å²) in [5.74, 6) is -2.06.